The minimum atomic E-state index is 0.636. The van der Waals surface area contributed by atoms with Crippen molar-refractivity contribution in [3.8, 4) is 6.07 Å². The van der Waals surface area contributed by atoms with Crippen LogP contribution in [0.25, 0.3) is 0 Å². The van der Waals surface area contributed by atoms with Gasteiger partial charge in [0.25, 0.3) is 0 Å². The summed E-state index contributed by atoms with van der Waals surface area (Å²) in [6, 6.07) is 9.80. The smallest absolute Gasteiger partial charge is 0.136 e. The third kappa shape index (κ3) is 3.69. The maximum absolute atomic E-state index is 9.27. The second kappa shape index (κ2) is 6.71. The van der Waals surface area contributed by atoms with E-state index in [9.17, 15) is 5.26 Å². The Morgan fingerprint density at radius 2 is 1.95 bits per heavy atom. The molecule has 1 aromatic heterocycles. The maximum atomic E-state index is 9.27. The Labute approximate surface area is 125 Å². The van der Waals surface area contributed by atoms with Crippen molar-refractivity contribution in [3.63, 3.8) is 0 Å². The highest BCUT2D eigenvalue weighted by atomic mass is 15.1. The predicted octanol–water partition coefficient (Wildman–Crippen LogP) is 3.53. The monoisotopic (exact) mass is 281 g/mol. The Hall–Kier alpha value is -2.61. The molecule has 0 radical (unpaired) electrons. The summed E-state index contributed by atoms with van der Waals surface area (Å²) in [5, 5.41) is 15.7. The molecular formula is C16H19N5. The third-order valence-corrected chi connectivity index (χ3v) is 3.04. The second-order valence-corrected chi connectivity index (χ2v) is 4.85. The Kier molecular flexibility index (Phi) is 4.72. The van der Waals surface area contributed by atoms with Crippen LogP contribution in [-0.2, 0) is 0 Å². The quantitative estimate of drug-likeness (QED) is 0.877. The summed E-state index contributed by atoms with van der Waals surface area (Å²) in [7, 11) is 0. The van der Waals surface area contributed by atoms with Crippen LogP contribution in [-0.4, -0.2) is 16.5 Å². The van der Waals surface area contributed by atoms with Gasteiger partial charge in [0.15, 0.2) is 0 Å². The number of aryl methyl sites for hydroxylation is 2. The molecule has 0 bridgehead atoms. The Morgan fingerprint density at radius 3 is 2.67 bits per heavy atom. The van der Waals surface area contributed by atoms with Crippen molar-refractivity contribution < 1.29 is 0 Å². The van der Waals surface area contributed by atoms with Crippen molar-refractivity contribution in [1.29, 1.82) is 5.26 Å². The first-order valence-electron chi connectivity index (χ1n) is 7.00. The van der Waals surface area contributed by atoms with Gasteiger partial charge in [-0.1, -0.05) is 19.1 Å². The molecule has 1 heterocycles. The summed E-state index contributed by atoms with van der Waals surface area (Å²) >= 11 is 0. The number of anilines is 3. The van der Waals surface area contributed by atoms with E-state index in [4.69, 9.17) is 0 Å². The molecule has 0 amide bonds. The van der Waals surface area contributed by atoms with E-state index in [1.165, 1.54) is 0 Å². The number of benzene rings is 1. The molecule has 2 aromatic rings. The SMILES string of the molecule is CCCNc1cc(Nc2cccc(C)c2C#N)nc(C)n1. The number of nitrogens with one attached hydrogen (secondary N) is 2. The summed E-state index contributed by atoms with van der Waals surface area (Å²) in [5.41, 5.74) is 2.34. The van der Waals surface area contributed by atoms with Gasteiger partial charge in [-0.2, -0.15) is 5.26 Å². The molecule has 0 spiro atoms. The predicted molar refractivity (Wildman–Crippen MR) is 84.7 cm³/mol. The molecule has 0 aliphatic rings. The summed E-state index contributed by atoms with van der Waals surface area (Å²) in [6.45, 7) is 6.74. The van der Waals surface area contributed by atoms with Crippen molar-refractivity contribution in [1.82, 2.24) is 9.97 Å². The topological polar surface area (TPSA) is 73.6 Å². The van der Waals surface area contributed by atoms with Gasteiger partial charge in [-0.05, 0) is 31.9 Å². The fraction of sp³-hybridized carbons (Fsp3) is 0.312. The largest absolute Gasteiger partial charge is 0.370 e. The van der Waals surface area contributed by atoms with Crippen molar-refractivity contribution in [3.05, 3.63) is 41.2 Å². The molecule has 0 fully saturated rings. The van der Waals surface area contributed by atoms with Crippen LogP contribution in [0, 0.1) is 25.2 Å². The van der Waals surface area contributed by atoms with Gasteiger partial charge in [0.1, 0.15) is 23.5 Å². The zero-order chi connectivity index (χ0) is 15.2. The van der Waals surface area contributed by atoms with E-state index in [2.05, 4.69) is 33.6 Å². The van der Waals surface area contributed by atoms with Gasteiger partial charge in [0, 0.05) is 12.6 Å². The van der Waals surface area contributed by atoms with Crippen LogP contribution in [0.15, 0.2) is 24.3 Å². The molecule has 0 atom stereocenters. The molecule has 1 aromatic carbocycles. The van der Waals surface area contributed by atoms with E-state index >= 15 is 0 Å². The van der Waals surface area contributed by atoms with Crippen molar-refractivity contribution in [2.24, 2.45) is 0 Å². The van der Waals surface area contributed by atoms with Crippen LogP contribution in [0.4, 0.5) is 17.3 Å². The average molecular weight is 281 g/mol. The summed E-state index contributed by atoms with van der Waals surface area (Å²) in [5.74, 6) is 2.16. The fourth-order valence-corrected chi connectivity index (χ4v) is 2.03. The van der Waals surface area contributed by atoms with E-state index in [1.807, 2.05) is 38.1 Å². The van der Waals surface area contributed by atoms with E-state index in [0.717, 1.165) is 30.0 Å². The molecule has 2 N–H and O–H groups in total. The lowest BCUT2D eigenvalue weighted by atomic mass is 10.1. The lowest BCUT2D eigenvalue weighted by Crippen LogP contribution is -2.06. The van der Waals surface area contributed by atoms with Crippen LogP contribution in [0.5, 0.6) is 0 Å². The van der Waals surface area contributed by atoms with Crippen molar-refractivity contribution in [2.75, 3.05) is 17.2 Å². The summed E-state index contributed by atoms with van der Waals surface area (Å²) in [6.07, 6.45) is 1.03. The van der Waals surface area contributed by atoms with Gasteiger partial charge in [-0.3, -0.25) is 0 Å². The third-order valence-electron chi connectivity index (χ3n) is 3.04. The lowest BCUT2D eigenvalue weighted by molar-refractivity contribution is 0.955. The average Bonchev–Trinajstić information content (AvgIpc) is 2.45. The van der Waals surface area contributed by atoms with Crippen LogP contribution >= 0.6 is 0 Å². The van der Waals surface area contributed by atoms with E-state index in [0.29, 0.717) is 17.2 Å². The normalized spacial score (nSPS) is 10.0. The maximum Gasteiger partial charge on any atom is 0.136 e. The number of hydrogen-bond acceptors (Lipinski definition) is 5. The van der Waals surface area contributed by atoms with Crippen molar-refractivity contribution in [2.45, 2.75) is 27.2 Å². The standard InChI is InChI=1S/C16H19N5/c1-4-8-18-15-9-16(20-12(3)19-15)21-14-7-5-6-11(2)13(14)10-17/h5-7,9H,4,8H2,1-3H3,(H2,18,19,20,21). The summed E-state index contributed by atoms with van der Waals surface area (Å²) < 4.78 is 0. The van der Waals surface area contributed by atoms with Crippen molar-refractivity contribution >= 4 is 17.3 Å². The van der Waals surface area contributed by atoms with E-state index in [-0.39, 0.29) is 0 Å². The van der Waals surface area contributed by atoms with E-state index < -0.39 is 0 Å². The summed E-state index contributed by atoms with van der Waals surface area (Å²) in [4.78, 5) is 8.72. The minimum absolute atomic E-state index is 0.636. The van der Waals surface area contributed by atoms with Crippen LogP contribution in [0.1, 0.15) is 30.3 Å². The minimum Gasteiger partial charge on any atom is -0.370 e. The number of rotatable bonds is 5. The number of aromatic nitrogens is 2. The molecule has 5 nitrogen and oxygen atoms in total. The van der Waals surface area contributed by atoms with Gasteiger partial charge in [0.2, 0.25) is 0 Å². The first-order chi connectivity index (χ1) is 10.1. The molecule has 108 valence electrons. The Morgan fingerprint density at radius 1 is 1.19 bits per heavy atom. The first kappa shape index (κ1) is 14.8. The number of nitrogens with zero attached hydrogens (tertiary/aromatic N) is 3. The molecular weight excluding hydrogens is 262 g/mol. The van der Waals surface area contributed by atoms with Gasteiger partial charge in [-0.15, -0.1) is 0 Å². The van der Waals surface area contributed by atoms with Crippen LogP contribution in [0.2, 0.25) is 0 Å². The molecule has 0 unspecified atom stereocenters. The zero-order valence-corrected chi connectivity index (χ0v) is 12.6. The molecule has 0 aliphatic carbocycles. The molecule has 0 aliphatic heterocycles. The Balaban J connectivity index is 2.30. The van der Waals surface area contributed by atoms with Crippen LogP contribution < -0.4 is 10.6 Å². The van der Waals surface area contributed by atoms with Gasteiger partial charge < -0.3 is 10.6 Å². The molecule has 5 heteroatoms. The van der Waals surface area contributed by atoms with Gasteiger partial charge in [-0.25, -0.2) is 9.97 Å². The first-order valence-corrected chi connectivity index (χ1v) is 7.00. The second-order valence-electron chi connectivity index (χ2n) is 4.85. The number of hydrogen-bond donors (Lipinski definition) is 2. The highest BCUT2D eigenvalue weighted by Gasteiger charge is 2.07. The highest BCUT2D eigenvalue weighted by molar-refractivity contribution is 5.67. The van der Waals surface area contributed by atoms with Crippen LogP contribution in [0.3, 0.4) is 0 Å². The zero-order valence-electron chi connectivity index (χ0n) is 12.6. The molecule has 0 saturated heterocycles. The number of nitriles is 1. The van der Waals surface area contributed by atoms with Gasteiger partial charge >= 0.3 is 0 Å². The fourth-order valence-electron chi connectivity index (χ4n) is 2.03. The highest BCUT2D eigenvalue weighted by Crippen LogP contribution is 2.23. The lowest BCUT2D eigenvalue weighted by Gasteiger charge is -2.11. The Bertz CT molecular complexity index is 673. The van der Waals surface area contributed by atoms with E-state index in [1.54, 1.807) is 0 Å². The molecule has 2 rings (SSSR count). The molecule has 0 saturated carbocycles. The molecule has 21 heavy (non-hydrogen) atoms. The van der Waals surface area contributed by atoms with Gasteiger partial charge in [0.05, 0.1) is 11.3 Å².